The number of amidine groups is 1. The van der Waals surface area contributed by atoms with Crippen molar-refractivity contribution in [3.8, 4) is 33.4 Å². The molecule has 2 aliphatic heterocycles. The number of rotatable bonds is 6. The van der Waals surface area contributed by atoms with Crippen LogP contribution < -0.4 is 10.6 Å². The molecule has 13 rings (SSSR count). The second-order valence-corrected chi connectivity index (χ2v) is 20.0. The Bertz CT molecular complexity index is 3610. The van der Waals surface area contributed by atoms with Crippen molar-refractivity contribution in [1.29, 1.82) is 0 Å². The normalized spacial score (nSPS) is 17.9. The molecule has 2 atom stereocenters. The Balaban J connectivity index is 0.940. The summed E-state index contributed by atoms with van der Waals surface area (Å²) in [4.78, 5) is 5.12. The highest BCUT2D eigenvalue weighted by Crippen LogP contribution is 2.53. The average Bonchev–Trinajstić information content (AvgIpc) is 3.77. The Morgan fingerprint density at radius 3 is 1.50 bits per heavy atom. The zero-order chi connectivity index (χ0) is 45.7. The van der Waals surface area contributed by atoms with Crippen LogP contribution >= 0.6 is 0 Å². The number of benzene rings is 9. The van der Waals surface area contributed by atoms with Crippen molar-refractivity contribution in [1.82, 2.24) is 5.32 Å². The number of anilines is 1. The Morgan fingerprint density at radius 2 is 0.868 bits per heavy atom. The molecule has 326 valence electrons. The zero-order valence-corrected chi connectivity index (χ0v) is 38.8. The molecule has 68 heavy (non-hydrogen) atoms. The number of fused-ring (bicyclic) bond motifs is 9. The first kappa shape index (κ1) is 40.3. The maximum Gasteiger partial charge on any atom is 0.134 e. The maximum absolute atomic E-state index is 5.12. The lowest BCUT2D eigenvalue weighted by Gasteiger charge is -2.31. The van der Waals surface area contributed by atoms with Crippen LogP contribution in [-0.2, 0) is 10.8 Å². The van der Waals surface area contributed by atoms with Crippen LogP contribution in [-0.4, -0.2) is 5.84 Å². The molecule has 9 aromatic rings. The smallest absolute Gasteiger partial charge is 0.134 e. The second kappa shape index (κ2) is 15.3. The van der Waals surface area contributed by atoms with E-state index in [1.807, 2.05) is 0 Å². The summed E-state index contributed by atoms with van der Waals surface area (Å²) in [6.07, 6.45) is 4.73. The topological polar surface area (TPSA) is 36.4 Å². The van der Waals surface area contributed by atoms with Crippen LogP contribution in [0.5, 0.6) is 0 Å². The molecule has 0 radical (unpaired) electrons. The minimum atomic E-state index is -0.121. The lowest BCUT2D eigenvalue weighted by atomic mass is 9.79. The lowest BCUT2D eigenvalue weighted by Crippen LogP contribution is -2.31. The van der Waals surface area contributed by atoms with E-state index in [-0.39, 0.29) is 22.9 Å². The van der Waals surface area contributed by atoms with Crippen LogP contribution in [0.25, 0.3) is 55.4 Å². The molecule has 0 aromatic heterocycles. The summed E-state index contributed by atoms with van der Waals surface area (Å²) < 4.78 is 0. The van der Waals surface area contributed by atoms with Gasteiger partial charge in [0.05, 0.1) is 23.5 Å². The fraction of sp³-hybridized carbons (Fsp3) is 0.123. The van der Waals surface area contributed by atoms with E-state index in [1.165, 1.54) is 99.9 Å². The van der Waals surface area contributed by atoms with Gasteiger partial charge in [0, 0.05) is 27.3 Å². The van der Waals surface area contributed by atoms with Crippen molar-refractivity contribution in [3.63, 3.8) is 0 Å². The van der Waals surface area contributed by atoms with E-state index in [0.29, 0.717) is 0 Å². The number of nitrogens with zero attached hydrogens (tertiary/aromatic N) is 1. The number of hydrogen-bond acceptors (Lipinski definition) is 3. The van der Waals surface area contributed by atoms with Gasteiger partial charge in [0.1, 0.15) is 5.84 Å². The Kier molecular flexibility index (Phi) is 9.04. The first-order chi connectivity index (χ1) is 33.2. The molecule has 0 spiro atoms. The van der Waals surface area contributed by atoms with Gasteiger partial charge in [0.15, 0.2) is 0 Å². The van der Waals surface area contributed by atoms with Gasteiger partial charge >= 0.3 is 0 Å². The standard InChI is InChI=1S/C65H51N3/c1-64(2)55-25-15-13-22-47(55)49-33-31-44(35-57(49)64)52-37-54-53(45-32-34-50-48-23-14-16-26-56(48)65(3,4)58(50)36-45)38-59(66-62(54)51-24-12-11-21-46(51)52)41-27-29-42(30-28-41)61-39-60(40-17-7-5-8-18-40)67-63(68-61)43-19-9-6-10-20-43/h5-39,59,61,66H,1-4H3,(H,67,68). The third-order valence-electron chi connectivity index (χ3n) is 15.4. The van der Waals surface area contributed by atoms with Gasteiger partial charge in [0.25, 0.3) is 0 Å². The molecule has 2 heterocycles. The highest BCUT2D eigenvalue weighted by atomic mass is 15.0. The fourth-order valence-corrected chi connectivity index (χ4v) is 11.8. The summed E-state index contributed by atoms with van der Waals surface area (Å²) in [5, 5.41) is 10.4. The van der Waals surface area contributed by atoms with Crippen LogP contribution in [0.4, 0.5) is 5.69 Å². The molecule has 0 saturated carbocycles. The third-order valence-corrected chi connectivity index (χ3v) is 15.4. The van der Waals surface area contributed by atoms with Gasteiger partial charge in [0.2, 0.25) is 0 Å². The monoisotopic (exact) mass is 873 g/mol. The Labute approximate surface area is 399 Å². The van der Waals surface area contributed by atoms with E-state index >= 15 is 0 Å². The van der Waals surface area contributed by atoms with Gasteiger partial charge in [-0.1, -0.05) is 210 Å². The molecular weight excluding hydrogens is 823 g/mol. The summed E-state index contributed by atoms with van der Waals surface area (Å²) in [5.41, 5.74) is 23.6. The largest absolute Gasteiger partial charge is 0.374 e. The predicted octanol–water partition coefficient (Wildman–Crippen LogP) is 15.9. The summed E-state index contributed by atoms with van der Waals surface area (Å²) in [7, 11) is 0. The number of aliphatic imine (C=N–C) groups is 1. The molecule has 0 fully saturated rings. The molecule has 2 aliphatic carbocycles. The van der Waals surface area contributed by atoms with Crippen LogP contribution in [0.15, 0.2) is 217 Å². The molecule has 3 heteroatoms. The van der Waals surface area contributed by atoms with Crippen molar-refractivity contribution >= 4 is 33.6 Å². The quantitative estimate of drug-likeness (QED) is 0.175. The molecule has 2 unspecified atom stereocenters. The van der Waals surface area contributed by atoms with Crippen molar-refractivity contribution in [2.45, 2.75) is 50.6 Å². The van der Waals surface area contributed by atoms with E-state index in [9.17, 15) is 0 Å². The second-order valence-electron chi connectivity index (χ2n) is 20.0. The minimum absolute atomic E-state index is 0.0571. The third kappa shape index (κ3) is 6.29. The molecule has 2 N–H and O–H groups in total. The fourth-order valence-electron chi connectivity index (χ4n) is 11.8. The summed E-state index contributed by atoms with van der Waals surface area (Å²) in [6, 6.07) is 73.7. The minimum Gasteiger partial charge on any atom is -0.374 e. The zero-order valence-electron chi connectivity index (χ0n) is 38.8. The molecule has 9 aromatic carbocycles. The van der Waals surface area contributed by atoms with Crippen molar-refractivity contribution in [3.05, 3.63) is 268 Å². The summed E-state index contributed by atoms with van der Waals surface area (Å²) >= 11 is 0. The van der Waals surface area contributed by atoms with E-state index in [0.717, 1.165) is 22.7 Å². The number of nitrogens with one attached hydrogen (secondary N) is 2. The predicted molar refractivity (Wildman–Crippen MR) is 284 cm³/mol. The SMILES string of the molecule is CC1(C)c2ccccc2-c2ccc(C3=CC(c4ccc(C5C=C(c6ccccc6)N=C(c6ccccc6)N5)cc4)Nc4c3cc(-c3ccc5c(c3)C(C)(C)c3ccccc3-5)c3ccccc43)cc21. The van der Waals surface area contributed by atoms with Crippen molar-refractivity contribution in [2.75, 3.05) is 5.32 Å². The molecule has 3 nitrogen and oxygen atoms in total. The molecule has 4 aliphatic rings. The van der Waals surface area contributed by atoms with E-state index in [4.69, 9.17) is 4.99 Å². The van der Waals surface area contributed by atoms with Crippen LogP contribution in [0.2, 0.25) is 0 Å². The average molecular weight is 874 g/mol. The lowest BCUT2D eigenvalue weighted by molar-refractivity contribution is 0.660. The van der Waals surface area contributed by atoms with Gasteiger partial charge in [-0.05, 0) is 119 Å². The van der Waals surface area contributed by atoms with Gasteiger partial charge in [-0.2, -0.15) is 0 Å². The van der Waals surface area contributed by atoms with E-state index in [2.05, 4.69) is 251 Å². The first-order valence-electron chi connectivity index (χ1n) is 24.0. The van der Waals surface area contributed by atoms with E-state index in [1.54, 1.807) is 0 Å². The van der Waals surface area contributed by atoms with Crippen LogP contribution in [0.3, 0.4) is 0 Å². The Hall–Kier alpha value is -8.01. The van der Waals surface area contributed by atoms with Gasteiger partial charge in [-0.25, -0.2) is 4.99 Å². The highest BCUT2D eigenvalue weighted by Gasteiger charge is 2.37. The highest BCUT2D eigenvalue weighted by molar-refractivity contribution is 6.10. The van der Waals surface area contributed by atoms with Crippen LogP contribution in [0, 0.1) is 0 Å². The Morgan fingerprint density at radius 1 is 0.368 bits per heavy atom. The van der Waals surface area contributed by atoms with Gasteiger partial charge in [-0.3, -0.25) is 0 Å². The van der Waals surface area contributed by atoms with Gasteiger partial charge in [-0.15, -0.1) is 0 Å². The van der Waals surface area contributed by atoms with E-state index < -0.39 is 0 Å². The number of hydrogen-bond donors (Lipinski definition) is 2. The summed E-state index contributed by atoms with van der Waals surface area (Å²) in [6.45, 7) is 9.50. The van der Waals surface area contributed by atoms with Crippen molar-refractivity contribution in [2.24, 2.45) is 4.99 Å². The molecular formula is C65H51N3. The molecule has 0 bridgehead atoms. The first-order valence-corrected chi connectivity index (χ1v) is 24.0. The van der Waals surface area contributed by atoms with Crippen LogP contribution in [0.1, 0.15) is 95.4 Å². The van der Waals surface area contributed by atoms with Crippen molar-refractivity contribution < 1.29 is 0 Å². The van der Waals surface area contributed by atoms with Gasteiger partial charge < -0.3 is 10.6 Å². The molecule has 0 amide bonds. The maximum atomic E-state index is 5.12. The molecule has 0 saturated heterocycles. The summed E-state index contributed by atoms with van der Waals surface area (Å²) in [5.74, 6) is 0.875.